The highest BCUT2D eigenvalue weighted by atomic mass is 32.2. The van der Waals surface area contributed by atoms with Crippen LogP contribution in [0.15, 0.2) is 59.5 Å². The van der Waals surface area contributed by atoms with Crippen LogP contribution in [-0.4, -0.2) is 24.0 Å². The van der Waals surface area contributed by atoms with Crippen molar-refractivity contribution in [3.8, 4) is 0 Å². The second-order valence-electron chi connectivity index (χ2n) is 5.19. The van der Waals surface area contributed by atoms with E-state index in [1.54, 1.807) is 11.9 Å². The fourth-order valence-electron chi connectivity index (χ4n) is 2.81. The molecule has 112 valence electrons. The number of aliphatic carboxylic acids is 1. The summed E-state index contributed by atoms with van der Waals surface area (Å²) in [4.78, 5) is 26.7. The van der Waals surface area contributed by atoms with E-state index in [0.29, 0.717) is 0 Å². The summed E-state index contributed by atoms with van der Waals surface area (Å²) in [6.45, 7) is 0. The molecule has 3 rings (SSSR count). The Labute approximate surface area is 132 Å². The van der Waals surface area contributed by atoms with Gasteiger partial charge >= 0.3 is 5.97 Å². The van der Waals surface area contributed by atoms with E-state index in [9.17, 15) is 14.7 Å². The number of benzene rings is 2. The van der Waals surface area contributed by atoms with Gasteiger partial charge in [0.2, 0.25) is 5.91 Å². The first-order valence-electron chi connectivity index (χ1n) is 6.88. The van der Waals surface area contributed by atoms with E-state index in [4.69, 9.17) is 0 Å². The summed E-state index contributed by atoms with van der Waals surface area (Å²) < 4.78 is -1.11. The molecule has 0 saturated carbocycles. The third-order valence-corrected chi connectivity index (χ3v) is 5.18. The molecular weight excluding hydrogens is 298 g/mol. The van der Waals surface area contributed by atoms with Crippen molar-refractivity contribution in [2.75, 3.05) is 11.9 Å². The number of carboxylic acid groups (broad SMARTS) is 1. The zero-order valence-electron chi connectivity index (χ0n) is 12.0. The van der Waals surface area contributed by atoms with Crippen LogP contribution in [0.4, 0.5) is 5.69 Å². The van der Waals surface area contributed by atoms with Gasteiger partial charge in [0.15, 0.2) is 0 Å². The zero-order valence-corrected chi connectivity index (χ0v) is 12.8. The van der Waals surface area contributed by atoms with Crippen LogP contribution >= 0.6 is 11.8 Å². The molecule has 1 atom stereocenters. The maximum atomic E-state index is 12.9. The number of carboxylic acids is 1. The summed E-state index contributed by atoms with van der Waals surface area (Å²) in [6, 6.07) is 16.8. The van der Waals surface area contributed by atoms with Crippen molar-refractivity contribution in [2.45, 2.75) is 16.1 Å². The number of hydrogen-bond acceptors (Lipinski definition) is 3. The summed E-state index contributed by atoms with van der Waals surface area (Å²) in [7, 11) is 1.69. The Kier molecular flexibility index (Phi) is 3.66. The van der Waals surface area contributed by atoms with E-state index >= 15 is 0 Å². The van der Waals surface area contributed by atoms with E-state index in [-0.39, 0.29) is 12.3 Å². The van der Waals surface area contributed by atoms with Crippen LogP contribution in [0.25, 0.3) is 0 Å². The van der Waals surface area contributed by atoms with Crippen LogP contribution in [-0.2, 0) is 14.3 Å². The average molecular weight is 313 g/mol. The number of para-hydroxylation sites is 1. The van der Waals surface area contributed by atoms with E-state index in [1.807, 2.05) is 54.6 Å². The van der Waals surface area contributed by atoms with Crippen molar-refractivity contribution in [3.63, 3.8) is 0 Å². The molecule has 0 aromatic heterocycles. The molecule has 2 aromatic rings. The quantitative estimate of drug-likeness (QED) is 0.942. The lowest BCUT2D eigenvalue weighted by Gasteiger charge is -2.26. The molecule has 1 N–H and O–H groups in total. The molecule has 1 amide bonds. The molecule has 0 fully saturated rings. The first-order valence-corrected chi connectivity index (χ1v) is 7.70. The average Bonchev–Trinajstić information content (AvgIpc) is 2.71. The minimum atomic E-state index is -1.11. The largest absolute Gasteiger partial charge is 0.481 e. The van der Waals surface area contributed by atoms with Crippen molar-refractivity contribution < 1.29 is 14.7 Å². The molecule has 1 aliphatic heterocycles. The number of nitrogens with zero attached hydrogens (tertiary/aromatic N) is 1. The molecule has 0 spiro atoms. The molecule has 5 heteroatoms. The first kappa shape index (κ1) is 14.7. The third-order valence-electron chi connectivity index (χ3n) is 3.79. The minimum Gasteiger partial charge on any atom is -0.481 e. The number of hydrogen-bond donors (Lipinski definition) is 1. The normalized spacial score (nSPS) is 20.0. The molecule has 1 unspecified atom stereocenters. The fraction of sp³-hybridized carbons (Fsp3) is 0.176. The SMILES string of the molecule is CN1C(=O)C(CC(=O)O)(Sc2ccccc2)c2ccccc21. The van der Waals surface area contributed by atoms with Crippen LogP contribution in [0.3, 0.4) is 0 Å². The Morgan fingerprint density at radius 2 is 1.77 bits per heavy atom. The predicted molar refractivity (Wildman–Crippen MR) is 86.1 cm³/mol. The van der Waals surface area contributed by atoms with Crippen LogP contribution in [0.5, 0.6) is 0 Å². The maximum absolute atomic E-state index is 12.9. The van der Waals surface area contributed by atoms with Crippen molar-refractivity contribution >= 4 is 29.3 Å². The number of carbonyl (C=O) groups is 2. The Morgan fingerprint density at radius 3 is 2.45 bits per heavy atom. The molecule has 0 aliphatic carbocycles. The van der Waals surface area contributed by atoms with Gasteiger partial charge in [0.1, 0.15) is 4.75 Å². The number of thioether (sulfide) groups is 1. The molecule has 22 heavy (non-hydrogen) atoms. The Bertz CT molecular complexity index is 732. The first-order chi connectivity index (χ1) is 10.5. The topological polar surface area (TPSA) is 57.6 Å². The van der Waals surface area contributed by atoms with Gasteiger partial charge in [-0.15, -0.1) is 11.8 Å². The smallest absolute Gasteiger partial charge is 0.305 e. The maximum Gasteiger partial charge on any atom is 0.305 e. The highest BCUT2D eigenvalue weighted by Gasteiger charge is 2.51. The fourth-order valence-corrected chi connectivity index (χ4v) is 4.21. The van der Waals surface area contributed by atoms with E-state index < -0.39 is 10.7 Å². The summed E-state index contributed by atoms with van der Waals surface area (Å²) >= 11 is 1.31. The van der Waals surface area contributed by atoms with Crippen LogP contribution < -0.4 is 4.90 Å². The van der Waals surface area contributed by atoms with Gasteiger partial charge in [-0.2, -0.15) is 0 Å². The summed E-state index contributed by atoms with van der Waals surface area (Å²) in [6.07, 6.45) is -0.243. The Hall–Kier alpha value is -2.27. The van der Waals surface area contributed by atoms with Crippen LogP contribution in [0.2, 0.25) is 0 Å². The van der Waals surface area contributed by atoms with Gasteiger partial charge in [-0.1, -0.05) is 36.4 Å². The molecule has 4 nitrogen and oxygen atoms in total. The number of likely N-dealkylation sites (N-methyl/N-ethyl adjacent to an activating group) is 1. The van der Waals surface area contributed by atoms with Gasteiger partial charge in [0.25, 0.3) is 0 Å². The minimum absolute atomic E-state index is 0.190. The number of fused-ring (bicyclic) bond motifs is 1. The van der Waals surface area contributed by atoms with Crippen molar-refractivity contribution in [1.29, 1.82) is 0 Å². The van der Waals surface area contributed by atoms with Gasteiger partial charge in [-0.25, -0.2) is 0 Å². The number of carbonyl (C=O) groups excluding carboxylic acids is 1. The van der Waals surface area contributed by atoms with E-state index in [1.165, 1.54) is 11.8 Å². The highest BCUT2D eigenvalue weighted by Crippen LogP contribution is 2.53. The molecule has 1 heterocycles. The number of anilines is 1. The summed E-state index contributed by atoms with van der Waals surface area (Å²) in [5.41, 5.74) is 1.54. The number of amides is 1. The predicted octanol–water partition coefficient (Wildman–Crippen LogP) is 3.13. The van der Waals surface area contributed by atoms with Crippen LogP contribution in [0, 0.1) is 0 Å². The standard InChI is InChI=1S/C17H15NO3S/c1-18-14-10-6-5-9-13(14)17(16(18)21,11-15(19)20)22-12-7-3-2-4-8-12/h2-10H,11H2,1H3,(H,19,20). The van der Waals surface area contributed by atoms with Crippen molar-refractivity contribution in [2.24, 2.45) is 0 Å². The molecule has 2 aromatic carbocycles. The molecule has 0 saturated heterocycles. The lowest BCUT2D eigenvalue weighted by Crippen LogP contribution is -2.37. The van der Waals surface area contributed by atoms with Gasteiger partial charge in [-0.05, 0) is 18.2 Å². The molecule has 0 bridgehead atoms. The van der Waals surface area contributed by atoms with Crippen molar-refractivity contribution in [1.82, 2.24) is 0 Å². The Morgan fingerprint density at radius 1 is 1.14 bits per heavy atom. The third kappa shape index (κ3) is 2.27. The second-order valence-corrected chi connectivity index (χ2v) is 6.57. The molecule has 1 aliphatic rings. The highest BCUT2D eigenvalue weighted by molar-refractivity contribution is 8.01. The summed E-state index contributed by atoms with van der Waals surface area (Å²) in [5.74, 6) is -1.17. The van der Waals surface area contributed by atoms with Gasteiger partial charge in [0, 0.05) is 23.2 Å². The van der Waals surface area contributed by atoms with Crippen LogP contribution in [0.1, 0.15) is 12.0 Å². The van der Waals surface area contributed by atoms with E-state index in [2.05, 4.69) is 0 Å². The summed E-state index contributed by atoms with van der Waals surface area (Å²) in [5, 5.41) is 9.36. The van der Waals surface area contributed by atoms with E-state index in [0.717, 1.165) is 16.1 Å². The lowest BCUT2D eigenvalue weighted by molar-refractivity contribution is -0.139. The second kappa shape index (κ2) is 5.50. The van der Waals surface area contributed by atoms with Crippen molar-refractivity contribution in [3.05, 3.63) is 60.2 Å². The molecule has 0 radical (unpaired) electrons. The lowest BCUT2D eigenvalue weighted by atomic mass is 9.96. The zero-order chi connectivity index (χ0) is 15.7. The number of rotatable bonds is 4. The molecular formula is C17H15NO3S. The Balaban J connectivity index is 2.14. The monoisotopic (exact) mass is 313 g/mol. The van der Waals surface area contributed by atoms with Gasteiger partial charge < -0.3 is 10.0 Å². The van der Waals surface area contributed by atoms with Gasteiger partial charge in [0.05, 0.1) is 6.42 Å². The van der Waals surface area contributed by atoms with Gasteiger partial charge in [-0.3, -0.25) is 9.59 Å².